The van der Waals surface area contributed by atoms with Crippen LogP contribution in [0.1, 0.15) is 54.5 Å². The molecule has 1 unspecified atom stereocenters. The van der Waals surface area contributed by atoms with Crippen LogP contribution in [0.4, 0.5) is 0 Å². The first-order chi connectivity index (χ1) is 18.0. The van der Waals surface area contributed by atoms with E-state index in [1.54, 1.807) is 0 Å². The maximum Gasteiger partial charge on any atom is 0.254 e. The second-order valence-corrected chi connectivity index (χ2v) is 9.88. The molecule has 0 aliphatic rings. The fourth-order valence-electron chi connectivity index (χ4n) is 4.66. The second-order valence-electron chi connectivity index (χ2n) is 9.45. The van der Waals surface area contributed by atoms with Gasteiger partial charge in [-0.25, -0.2) is 4.98 Å². The highest BCUT2D eigenvalue weighted by molar-refractivity contribution is 6.30. The van der Waals surface area contributed by atoms with Gasteiger partial charge in [0.25, 0.3) is 5.91 Å². The molecule has 0 spiro atoms. The van der Waals surface area contributed by atoms with Crippen LogP contribution in [0.5, 0.6) is 0 Å². The lowest BCUT2D eigenvalue weighted by molar-refractivity contribution is 0.0590. The predicted octanol–water partition coefficient (Wildman–Crippen LogP) is 6.83. The Morgan fingerprint density at radius 2 is 1.73 bits per heavy atom. The second kappa shape index (κ2) is 12.7. The minimum Gasteiger partial charge on any atom is -0.330 e. The highest BCUT2D eigenvalue weighted by Gasteiger charge is 2.33. The zero-order valence-corrected chi connectivity index (χ0v) is 22.3. The van der Waals surface area contributed by atoms with E-state index in [0.717, 1.165) is 23.5 Å². The number of carbonyl (C=O) groups is 1. The topological polar surface area (TPSA) is 64.2 Å². The first-order valence-electron chi connectivity index (χ1n) is 12.9. The average Bonchev–Trinajstić information content (AvgIpc) is 3.34. The van der Waals surface area contributed by atoms with Crippen LogP contribution >= 0.6 is 11.6 Å². The van der Waals surface area contributed by atoms with Gasteiger partial charge in [-0.05, 0) is 48.7 Å². The number of amides is 1. The number of nitrogens with zero attached hydrogens (tertiary/aromatic N) is 3. The number of halogens is 1. The van der Waals surface area contributed by atoms with Crippen molar-refractivity contribution in [2.75, 3.05) is 13.1 Å². The van der Waals surface area contributed by atoms with E-state index in [4.69, 9.17) is 22.3 Å². The van der Waals surface area contributed by atoms with E-state index < -0.39 is 0 Å². The molecule has 3 aromatic carbocycles. The summed E-state index contributed by atoms with van der Waals surface area (Å²) in [5, 5.41) is 0.666. The maximum absolute atomic E-state index is 13.9. The minimum atomic E-state index is -0.221. The molecule has 0 aliphatic heterocycles. The summed E-state index contributed by atoms with van der Waals surface area (Å²) in [7, 11) is 0. The van der Waals surface area contributed by atoms with Crippen molar-refractivity contribution >= 4 is 17.5 Å². The zero-order chi connectivity index (χ0) is 26.2. The predicted molar refractivity (Wildman–Crippen MR) is 152 cm³/mol. The number of hydrogen-bond acceptors (Lipinski definition) is 3. The van der Waals surface area contributed by atoms with Gasteiger partial charge in [0.2, 0.25) is 0 Å². The van der Waals surface area contributed by atoms with Crippen LogP contribution in [-0.4, -0.2) is 33.4 Å². The molecule has 4 aromatic rings. The van der Waals surface area contributed by atoms with Crippen LogP contribution < -0.4 is 5.73 Å². The number of carbonyl (C=O) groups excluding carboxylic acids is 1. The van der Waals surface area contributed by atoms with Gasteiger partial charge in [-0.3, -0.25) is 4.79 Å². The molecule has 1 heterocycles. The smallest absolute Gasteiger partial charge is 0.254 e. The number of nitrogens with two attached hydrogens (primary N) is 1. The molecule has 4 rings (SSSR count). The van der Waals surface area contributed by atoms with Gasteiger partial charge in [0.1, 0.15) is 5.82 Å². The summed E-state index contributed by atoms with van der Waals surface area (Å²) in [5.74, 6) is 1.04. The third kappa shape index (κ3) is 6.48. The summed E-state index contributed by atoms with van der Waals surface area (Å²) in [5.41, 5.74) is 9.55. The van der Waals surface area contributed by atoms with Crippen molar-refractivity contribution in [3.63, 3.8) is 0 Å². The Balaban J connectivity index is 1.85. The van der Waals surface area contributed by atoms with E-state index in [0.29, 0.717) is 36.6 Å². The van der Waals surface area contributed by atoms with Gasteiger partial charge < -0.3 is 15.2 Å². The van der Waals surface area contributed by atoms with E-state index >= 15 is 0 Å². The zero-order valence-electron chi connectivity index (χ0n) is 21.6. The van der Waals surface area contributed by atoms with Crippen LogP contribution in [0.2, 0.25) is 5.02 Å². The van der Waals surface area contributed by atoms with Crippen molar-refractivity contribution in [2.24, 2.45) is 11.7 Å². The number of aromatic nitrogens is 2. The molecule has 192 valence electrons. The molecule has 0 bridgehead atoms. The first kappa shape index (κ1) is 26.6. The standard InChI is InChI=1S/C31H35ClN4O/c1-3-23(2)29(36(19-11-18-33)31(37)25-14-8-5-9-15-25)30-34-28(26-16-10-17-27(32)20-26)22-35(30)21-24-12-6-4-7-13-24/h4-10,12-17,20,22-23,29H,3,11,18-19,21,33H2,1-2H3/t23?,29-/m1/s1. The van der Waals surface area contributed by atoms with Crippen LogP contribution in [0.15, 0.2) is 91.1 Å². The molecule has 0 radical (unpaired) electrons. The molecular formula is C31H35ClN4O. The van der Waals surface area contributed by atoms with Crippen molar-refractivity contribution in [3.8, 4) is 11.3 Å². The summed E-state index contributed by atoms with van der Waals surface area (Å²) in [6.45, 7) is 6.08. The molecule has 0 saturated carbocycles. The molecule has 37 heavy (non-hydrogen) atoms. The van der Waals surface area contributed by atoms with Gasteiger partial charge in [-0.2, -0.15) is 0 Å². The molecule has 5 nitrogen and oxygen atoms in total. The summed E-state index contributed by atoms with van der Waals surface area (Å²) < 4.78 is 2.19. The van der Waals surface area contributed by atoms with E-state index in [2.05, 4.69) is 36.7 Å². The lowest BCUT2D eigenvalue weighted by atomic mass is 9.95. The first-order valence-corrected chi connectivity index (χ1v) is 13.3. The van der Waals surface area contributed by atoms with Crippen LogP contribution in [0.3, 0.4) is 0 Å². The van der Waals surface area contributed by atoms with Gasteiger partial charge in [-0.15, -0.1) is 0 Å². The summed E-state index contributed by atoms with van der Waals surface area (Å²) in [4.78, 5) is 21.1. The number of benzene rings is 3. The van der Waals surface area contributed by atoms with Gasteiger partial charge in [0, 0.05) is 35.4 Å². The summed E-state index contributed by atoms with van der Waals surface area (Å²) in [6.07, 6.45) is 3.69. The lowest BCUT2D eigenvalue weighted by Crippen LogP contribution is -2.40. The molecule has 2 atom stereocenters. The van der Waals surface area contributed by atoms with Crippen molar-refractivity contribution in [1.29, 1.82) is 0 Å². The van der Waals surface area contributed by atoms with Crippen molar-refractivity contribution in [2.45, 2.75) is 39.3 Å². The van der Waals surface area contributed by atoms with Crippen LogP contribution in [-0.2, 0) is 6.54 Å². The fraction of sp³-hybridized carbons (Fsp3) is 0.290. The Morgan fingerprint density at radius 1 is 1.03 bits per heavy atom. The van der Waals surface area contributed by atoms with Gasteiger partial charge >= 0.3 is 0 Å². The lowest BCUT2D eigenvalue weighted by Gasteiger charge is -2.35. The van der Waals surface area contributed by atoms with Gasteiger partial charge in [-0.1, -0.05) is 92.5 Å². The number of hydrogen-bond donors (Lipinski definition) is 1. The average molecular weight is 515 g/mol. The third-order valence-electron chi connectivity index (χ3n) is 6.79. The Labute approximate surface area is 224 Å². The summed E-state index contributed by atoms with van der Waals surface area (Å²) >= 11 is 6.32. The highest BCUT2D eigenvalue weighted by Crippen LogP contribution is 2.34. The van der Waals surface area contributed by atoms with Gasteiger partial charge in [0.05, 0.1) is 11.7 Å². The van der Waals surface area contributed by atoms with E-state index in [1.807, 2.05) is 77.7 Å². The molecule has 0 saturated heterocycles. The Morgan fingerprint density at radius 3 is 2.38 bits per heavy atom. The molecule has 0 fully saturated rings. The Hall–Kier alpha value is -3.41. The summed E-state index contributed by atoms with van der Waals surface area (Å²) in [6, 6.07) is 27.3. The number of rotatable bonds is 11. The fourth-order valence-corrected chi connectivity index (χ4v) is 4.85. The molecule has 1 aromatic heterocycles. The minimum absolute atomic E-state index is 0.00193. The monoisotopic (exact) mass is 514 g/mol. The van der Waals surface area contributed by atoms with E-state index in [9.17, 15) is 4.79 Å². The van der Waals surface area contributed by atoms with Crippen molar-refractivity contribution in [1.82, 2.24) is 14.5 Å². The Bertz CT molecular complexity index is 1290. The van der Waals surface area contributed by atoms with Crippen LogP contribution in [0, 0.1) is 5.92 Å². The van der Waals surface area contributed by atoms with Crippen LogP contribution in [0.25, 0.3) is 11.3 Å². The third-order valence-corrected chi connectivity index (χ3v) is 7.03. The van der Waals surface area contributed by atoms with E-state index in [-0.39, 0.29) is 17.9 Å². The SMILES string of the molecule is CCC(C)[C@H](c1nc(-c2cccc(Cl)c2)cn1Cc1ccccc1)N(CCCN)C(=O)c1ccccc1. The quantitative estimate of drug-likeness (QED) is 0.238. The largest absolute Gasteiger partial charge is 0.330 e. The molecule has 6 heteroatoms. The molecule has 1 amide bonds. The van der Waals surface area contributed by atoms with Gasteiger partial charge in [0.15, 0.2) is 0 Å². The normalized spacial score (nSPS) is 12.8. The molecular weight excluding hydrogens is 480 g/mol. The van der Waals surface area contributed by atoms with Crippen molar-refractivity contribution < 1.29 is 4.79 Å². The highest BCUT2D eigenvalue weighted by atomic mass is 35.5. The van der Waals surface area contributed by atoms with E-state index in [1.165, 1.54) is 5.56 Å². The Kier molecular flexibility index (Phi) is 9.15. The van der Waals surface area contributed by atoms with Crippen molar-refractivity contribution in [3.05, 3.63) is 113 Å². The molecule has 0 aliphatic carbocycles. The maximum atomic E-state index is 13.9. The number of imidazole rings is 1. The molecule has 2 N–H and O–H groups in total.